The van der Waals surface area contributed by atoms with Crippen LogP contribution in [-0.2, 0) is 4.74 Å². The Morgan fingerprint density at radius 2 is 2.00 bits per heavy atom. The minimum atomic E-state index is 0.0576. The first-order chi connectivity index (χ1) is 8.72. The van der Waals surface area contributed by atoms with E-state index in [2.05, 4.69) is 15.5 Å². The molecule has 0 spiro atoms. The van der Waals surface area contributed by atoms with Crippen LogP contribution in [0.2, 0.25) is 0 Å². The molecule has 2 aliphatic heterocycles. The van der Waals surface area contributed by atoms with Gasteiger partial charge in [-0.2, -0.15) is 5.10 Å². The van der Waals surface area contributed by atoms with E-state index in [9.17, 15) is 4.79 Å². The molecule has 96 valence electrons. The molecule has 2 unspecified atom stereocenters. The van der Waals surface area contributed by atoms with Crippen LogP contribution in [0.4, 0.5) is 0 Å². The first-order valence-corrected chi connectivity index (χ1v) is 6.40. The van der Waals surface area contributed by atoms with E-state index in [0.29, 0.717) is 31.0 Å². The molecule has 1 aromatic rings. The molecule has 1 aromatic heterocycles. The predicted molar refractivity (Wildman–Crippen MR) is 65.4 cm³/mol. The molecule has 5 nitrogen and oxygen atoms in total. The lowest BCUT2D eigenvalue weighted by Crippen LogP contribution is -2.55. The number of aryl methyl sites for hydroxylation is 1. The number of carbonyl (C=O) groups is 1. The van der Waals surface area contributed by atoms with Gasteiger partial charge in [-0.15, -0.1) is 5.10 Å². The number of nitrogens with zero attached hydrogens (tertiary/aromatic N) is 2. The Balaban J connectivity index is 1.74. The monoisotopic (exact) mass is 247 g/mol. The molecule has 1 N–H and O–H groups in total. The molecule has 2 bridgehead atoms. The van der Waals surface area contributed by atoms with Crippen LogP contribution >= 0.6 is 0 Å². The largest absolute Gasteiger partial charge is 0.378 e. The quantitative estimate of drug-likeness (QED) is 0.781. The maximum Gasteiger partial charge on any atom is 0.186 e. The molecule has 2 saturated heterocycles. The van der Waals surface area contributed by atoms with Crippen LogP contribution in [0.3, 0.4) is 0 Å². The third-order valence-electron chi connectivity index (χ3n) is 3.67. The summed E-state index contributed by atoms with van der Waals surface area (Å²) in [5.74, 6) is 0.183. The number of nitrogens with one attached hydrogen (secondary N) is 1. The van der Waals surface area contributed by atoms with Gasteiger partial charge in [-0.05, 0) is 31.9 Å². The third-order valence-corrected chi connectivity index (χ3v) is 3.67. The lowest BCUT2D eigenvalue weighted by molar-refractivity contribution is 0.00941. The Morgan fingerprint density at radius 1 is 1.28 bits per heavy atom. The summed E-state index contributed by atoms with van der Waals surface area (Å²) in [7, 11) is 0. The summed E-state index contributed by atoms with van der Waals surface area (Å²) in [5, 5.41) is 11.4. The van der Waals surface area contributed by atoms with Crippen molar-refractivity contribution in [1.29, 1.82) is 0 Å². The average molecular weight is 247 g/mol. The molecule has 3 rings (SSSR count). The van der Waals surface area contributed by atoms with Crippen LogP contribution in [0.1, 0.15) is 29.0 Å². The summed E-state index contributed by atoms with van der Waals surface area (Å²) in [6, 6.07) is 4.24. The fraction of sp³-hybridized carbons (Fsp3) is 0.615. The highest BCUT2D eigenvalue weighted by atomic mass is 16.5. The van der Waals surface area contributed by atoms with Crippen molar-refractivity contribution in [3.8, 4) is 0 Å². The highest BCUT2D eigenvalue weighted by Gasteiger charge is 2.35. The molecule has 0 aromatic carbocycles. The van der Waals surface area contributed by atoms with Crippen molar-refractivity contribution in [2.75, 3.05) is 13.2 Å². The second-order valence-corrected chi connectivity index (χ2v) is 5.19. The van der Waals surface area contributed by atoms with Crippen molar-refractivity contribution in [2.24, 2.45) is 5.92 Å². The minimum Gasteiger partial charge on any atom is -0.378 e. The molecule has 3 heterocycles. The molecular formula is C13H17N3O2. The number of ether oxygens (including phenoxy) is 1. The normalized spacial score (nSPS) is 31.1. The summed E-state index contributed by atoms with van der Waals surface area (Å²) in [5.41, 5.74) is 1.33. The Morgan fingerprint density at radius 3 is 2.61 bits per heavy atom. The van der Waals surface area contributed by atoms with Crippen LogP contribution in [0.15, 0.2) is 12.1 Å². The first kappa shape index (κ1) is 11.7. The van der Waals surface area contributed by atoms with Gasteiger partial charge in [0.2, 0.25) is 0 Å². The second-order valence-electron chi connectivity index (χ2n) is 5.19. The molecular weight excluding hydrogens is 230 g/mol. The van der Waals surface area contributed by atoms with Gasteiger partial charge < -0.3 is 10.1 Å². The van der Waals surface area contributed by atoms with E-state index in [1.165, 1.54) is 0 Å². The van der Waals surface area contributed by atoms with Crippen molar-refractivity contribution in [3.63, 3.8) is 0 Å². The van der Waals surface area contributed by atoms with Crippen molar-refractivity contribution in [1.82, 2.24) is 15.5 Å². The molecule has 0 aliphatic carbocycles. The van der Waals surface area contributed by atoms with E-state index in [-0.39, 0.29) is 11.7 Å². The Bertz CT molecular complexity index is 434. The van der Waals surface area contributed by atoms with Gasteiger partial charge in [0.05, 0.1) is 18.9 Å². The molecule has 0 radical (unpaired) electrons. The van der Waals surface area contributed by atoms with Crippen LogP contribution in [0, 0.1) is 12.8 Å². The predicted octanol–water partition coefficient (Wildman–Crippen LogP) is 0.735. The van der Waals surface area contributed by atoms with E-state index in [1.807, 2.05) is 13.0 Å². The fourth-order valence-corrected chi connectivity index (χ4v) is 2.79. The lowest BCUT2D eigenvalue weighted by Gasteiger charge is -2.39. The maximum atomic E-state index is 12.4. The van der Waals surface area contributed by atoms with E-state index in [1.54, 1.807) is 6.07 Å². The lowest BCUT2D eigenvalue weighted by atomic mass is 9.83. The van der Waals surface area contributed by atoms with Crippen LogP contribution in [0.5, 0.6) is 0 Å². The highest BCUT2D eigenvalue weighted by Crippen LogP contribution is 2.26. The van der Waals surface area contributed by atoms with Gasteiger partial charge in [-0.1, -0.05) is 0 Å². The van der Waals surface area contributed by atoms with Gasteiger partial charge in [0, 0.05) is 18.0 Å². The number of hydrogen-bond acceptors (Lipinski definition) is 5. The third kappa shape index (κ3) is 2.28. The zero-order valence-electron chi connectivity index (χ0n) is 10.4. The molecule has 0 amide bonds. The molecule has 18 heavy (non-hydrogen) atoms. The Labute approximate surface area is 106 Å². The van der Waals surface area contributed by atoms with E-state index < -0.39 is 0 Å². The van der Waals surface area contributed by atoms with Crippen LogP contribution in [-0.4, -0.2) is 41.3 Å². The topological polar surface area (TPSA) is 64.1 Å². The number of ketones is 1. The van der Waals surface area contributed by atoms with Gasteiger partial charge in [0.1, 0.15) is 5.69 Å². The smallest absolute Gasteiger partial charge is 0.186 e. The van der Waals surface area contributed by atoms with Gasteiger partial charge >= 0.3 is 0 Å². The number of rotatable bonds is 2. The van der Waals surface area contributed by atoms with Gasteiger partial charge in [-0.25, -0.2) is 0 Å². The number of fused-ring (bicyclic) bond motifs is 2. The molecule has 2 fully saturated rings. The highest BCUT2D eigenvalue weighted by molar-refractivity contribution is 5.96. The number of aromatic nitrogens is 2. The summed E-state index contributed by atoms with van der Waals surface area (Å²) in [4.78, 5) is 12.4. The Hall–Kier alpha value is -1.33. The fourth-order valence-electron chi connectivity index (χ4n) is 2.79. The van der Waals surface area contributed by atoms with Crippen molar-refractivity contribution < 1.29 is 9.53 Å². The number of hydrogen-bond donors (Lipinski definition) is 1. The van der Waals surface area contributed by atoms with Gasteiger partial charge in [-0.3, -0.25) is 4.79 Å². The zero-order chi connectivity index (χ0) is 12.5. The molecule has 2 aliphatic rings. The zero-order valence-corrected chi connectivity index (χ0v) is 10.4. The number of piperidine rings is 1. The van der Waals surface area contributed by atoms with Crippen LogP contribution in [0.25, 0.3) is 0 Å². The molecule has 2 atom stereocenters. The second kappa shape index (κ2) is 4.74. The van der Waals surface area contributed by atoms with Gasteiger partial charge in [0.15, 0.2) is 5.78 Å². The standard InChI is InChI=1S/C13H17N3O2/c1-8-2-3-12(16-15-8)13(17)9-4-10-6-18-7-11(5-9)14-10/h2-3,9-11,14H,4-7H2,1H3. The van der Waals surface area contributed by atoms with E-state index in [4.69, 9.17) is 4.74 Å². The number of carbonyl (C=O) groups excluding carboxylic acids is 1. The van der Waals surface area contributed by atoms with Crippen molar-refractivity contribution in [2.45, 2.75) is 31.8 Å². The SMILES string of the molecule is Cc1ccc(C(=O)C2CC3COCC(C2)N3)nn1. The number of Topliss-reactive ketones (excluding diaryl/α,β-unsaturated/α-hetero) is 1. The average Bonchev–Trinajstić information content (AvgIpc) is 2.38. The maximum absolute atomic E-state index is 12.4. The minimum absolute atomic E-state index is 0.0576. The van der Waals surface area contributed by atoms with Gasteiger partial charge in [0.25, 0.3) is 0 Å². The van der Waals surface area contributed by atoms with E-state index in [0.717, 1.165) is 18.5 Å². The summed E-state index contributed by atoms with van der Waals surface area (Å²) >= 11 is 0. The first-order valence-electron chi connectivity index (χ1n) is 6.40. The van der Waals surface area contributed by atoms with Crippen LogP contribution < -0.4 is 5.32 Å². The molecule has 0 saturated carbocycles. The Kier molecular flexibility index (Phi) is 3.09. The molecule has 5 heteroatoms. The number of morpholine rings is 1. The summed E-state index contributed by atoms with van der Waals surface area (Å²) in [6.07, 6.45) is 1.68. The summed E-state index contributed by atoms with van der Waals surface area (Å²) < 4.78 is 5.48. The van der Waals surface area contributed by atoms with Crippen molar-refractivity contribution >= 4 is 5.78 Å². The van der Waals surface area contributed by atoms with Crippen molar-refractivity contribution in [3.05, 3.63) is 23.5 Å². The van der Waals surface area contributed by atoms with E-state index >= 15 is 0 Å². The summed E-state index contributed by atoms with van der Waals surface area (Å²) in [6.45, 7) is 3.28.